The van der Waals surface area contributed by atoms with Crippen molar-refractivity contribution in [3.05, 3.63) is 28.2 Å². The zero-order chi connectivity index (χ0) is 16.9. The van der Waals surface area contributed by atoms with Gasteiger partial charge in [-0.05, 0) is 37.7 Å². The van der Waals surface area contributed by atoms with Gasteiger partial charge in [-0.1, -0.05) is 12.2 Å². The van der Waals surface area contributed by atoms with Gasteiger partial charge in [0, 0.05) is 16.8 Å². The molecule has 1 aromatic rings. The molecule has 1 saturated carbocycles. The van der Waals surface area contributed by atoms with Gasteiger partial charge < -0.3 is 21.0 Å². The van der Waals surface area contributed by atoms with Crippen molar-refractivity contribution in [1.82, 2.24) is 0 Å². The maximum Gasteiger partial charge on any atom is 0.251 e. The fourth-order valence-corrected chi connectivity index (χ4v) is 4.78. The number of rotatable bonds is 4. The van der Waals surface area contributed by atoms with Crippen molar-refractivity contribution in [2.75, 3.05) is 5.32 Å². The van der Waals surface area contributed by atoms with Crippen LogP contribution in [0.3, 0.4) is 0 Å². The topological polar surface area (TPSA) is 112 Å². The number of hydrogen-bond acceptors (Lipinski definition) is 5. The highest BCUT2D eigenvalue weighted by molar-refractivity contribution is 7.16. The maximum absolute atomic E-state index is 12.6. The van der Waals surface area contributed by atoms with Crippen molar-refractivity contribution in [3.63, 3.8) is 0 Å². The van der Waals surface area contributed by atoms with E-state index in [9.17, 15) is 19.5 Å². The van der Waals surface area contributed by atoms with E-state index >= 15 is 0 Å². The highest BCUT2D eigenvalue weighted by Crippen LogP contribution is 2.48. The maximum atomic E-state index is 12.6. The number of thiophene rings is 1. The molecule has 1 heterocycles. The molecule has 23 heavy (non-hydrogen) atoms. The Kier molecular flexibility index (Phi) is 3.75. The van der Waals surface area contributed by atoms with Gasteiger partial charge in [-0.3, -0.25) is 9.59 Å². The fraction of sp³-hybridized carbons (Fsp3) is 0.438. The van der Waals surface area contributed by atoms with Crippen LogP contribution in [0.4, 0.5) is 5.00 Å². The Balaban J connectivity index is 1.88. The molecule has 3 rings (SSSR count). The Morgan fingerprint density at radius 1 is 1.22 bits per heavy atom. The van der Waals surface area contributed by atoms with Gasteiger partial charge in [-0.2, -0.15) is 0 Å². The molecule has 1 aromatic heterocycles. The van der Waals surface area contributed by atoms with E-state index in [1.54, 1.807) is 6.92 Å². The molecular weight excluding hydrogens is 316 g/mol. The van der Waals surface area contributed by atoms with E-state index in [4.69, 9.17) is 5.73 Å². The third kappa shape index (κ3) is 2.45. The van der Waals surface area contributed by atoms with Gasteiger partial charge in [-0.25, -0.2) is 0 Å². The largest absolute Gasteiger partial charge is 0.550 e. The zero-order valence-corrected chi connectivity index (χ0v) is 13.6. The lowest BCUT2D eigenvalue weighted by molar-refractivity contribution is -0.313. The fourth-order valence-electron chi connectivity index (χ4n) is 3.71. The predicted molar refractivity (Wildman–Crippen MR) is 83.7 cm³/mol. The molecule has 0 unspecified atom stereocenters. The summed E-state index contributed by atoms with van der Waals surface area (Å²) in [5.74, 6) is -3.92. The van der Waals surface area contributed by atoms with Gasteiger partial charge in [0.15, 0.2) is 0 Å². The van der Waals surface area contributed by atoms with E-state index in [0.717, 1.165) is 10.4 Å². The van der Waals surface area contributed by atoms with Crippen molar-refractivity contribution in [2.45, 2.75) is 20.3 Å². The second kappa shape index (κ2) is 5.49. The Labute approximate surface area is 137 Å². The third-order valence-electron chi connectivity index (χ3n) is 4.90. The van der Waals surface area contributed by atoms with Gasteiger partial charge in [0.05, 0.1) is 11.5 Å². The number of fused-ring (bicyclic) bond motifs is 2. The Morgan fingerprint density at radius 2 is 1.83 bits per heavy atom. The summed E-state index contributed by atoms with van der Waals surface area (Å²) >= 11 is 1.27. The van der Waals surface area contributed by atoms with Gasteiger partial charge in [0.2, 0.25) is 5.91 Å². The standard InChI is InChI=1S/C16H18N2O4S/c1-6-7(2)23-15(10(6)13(17)19)18-14(20)11-8-3-4-9(5-8)12(11)16(21)22/h3-4,8-9,11-12H,5H2,1-2H3,(H2,17,19)(H,18,20)(H,21,22)/p-1/t8-,9-,11-,12+/m1/s1. The molecule has 0 aromatic carbocycles. The number of amides is 2. The number of allylic oxidation sites excluding steroid dienone is 2. The minimum Gasteiger partial charge on any atom is -0.550 e. The van der Waals surface area contributed by atoms with Crippen LogP contribution in [0.1, 0.15) is 27.2 Å². The van der Waals surface area contributed by atoms with Gasteiger partial charge in [0.1, 0.15) is 5.00 Å². The van der Waals surface area contributed by atoms with E-state index in [2.05, 4.69) is 5.32 Å². The lowest BCUT2D eigenvalue weighted by atomic mass is 9.82. The van der Waals surface area contributed by atoms with E-state index in [1.165, 1.54) is 11.3 Å². The number of aliphatic carboxylic acids is 1. The summed E-state index contributed by atoms with van der Waals surface area (Å²) in [6, 6.07) is 0. The van der Waals surface area contributed by atoms with Crippen molar-refractivity contribution < 1.29 is 19.5 Å². The van der Waals surface area contributed by atoms with Gasteiger partial charge in [0.25, 0.3) is 5.91 Å². The number of carboxylic acid groups (broad SMARTS) is 1. The number of carboxylic acids is 1. The minimum absolute atomic E-state index is 0.0953. The first-order chi connectivity index (χ1) is 10.8. The normalized spacial score (nSPS) is 28.1. The van der Waals surface area contributed by atoms with Crippen LogP contribution < -0.4 is 16.2 Å². The van der Waals surface area contributed by atoms with E-state index < -0.39 is 23.7 Å². The van der Waals surface area contributed by atoms with Crippen molar-refractivity contribution in [2.24, 2.45) is 29.4 Å². The molecule has 0 aliphatic heterocycles. The molecule has 0 saturated heterocycles. The molecule has 1 fully saturated rings. The summed E-state index contributed by atoms with van der Waals surface area (Å²) in [5.41, 5.74) is 6.43. The molecule has 7 heteroatoms. The van der Waals surface area contributed by atoms with Crippen LogP contribution in [0.2, 0.25) is 0 Å². The molecule has 122 valence electrons. The van der Waals surface area contributed by atoms with Crippen molar-refractivity contribution in [3.8, 4) is 0 Å². The second-order valence-corrected chi connectivity index (χ2v) is 7.38. The molecule has 6 nitrogen and oxygen atoms in total. The lowest BCUT2D eigenvalue weighted by Crippen LogP contribution is -2.43. The number of nitrogens with two attached hydrogens (primary N) is 1. The average molecular weight is 333 g/mol. The number of hydrogen-bond donors (Lipinski definition) is 2. The third-order valence-corrected chi connectivity index (χ3v) is 6.03. The Bertz CT molecular complexity index is 737. The lowest BCUT2D eigenvalue weighted by Gasteiger charge is -2.27. The average Bonchev–Trinajstić information content (AvgIpc) is 3.12. The highest BCUT2D eigenvalue weighted by Gasteiger charge is 2.48. The number of anilines is 1. The zero-order valence-electron chi connectivity index (χ0n) is 12.8. The monoisotopic (exact) mass is 333 g/mol. The number of carbonyl (C=O) groups excluding carboxylic acids is 3. The summed E-state index contributed by atoms with van der Waals surface area (Å²) in [6.45, 7) is 3.61. The summed E-state index contributed by atoms with van der Waals surface area (Å²) in [6.07, 6.45) is 4.40. The molecule has 2 bridgehead atoms. The van der Waals surface area contributed by atoms with Gasteiger partial charge >= 0.3 is 0 Å². The summed E-state index contributed by atoms with van der Waals surface area (Å²) in [4.78, 5) is 36.5. The number of nitrogens with one attached hydrogen (secondary N) is 1. The van der Waals surface area contributed by atoms with Crippen LogP contribution in [-0.4, -0.2) is 17.8 Å². The molecule has 2 amide bonds. The second-order valence-electron chi connectivity index (χ2n) is 6.16. The molecule has 0 radical (unpaired) electrons. The Hall–Kier alpha value is -2.15. The first-order valence-electron chi connectivity index (χ1n) is 7.41. The Morgan fingerprint density at radius 3 is 2.39 bits per heavy atom. The molecule has 3 N–H and O–H groups in total. The minimum atomic E-state index is -1.20. The van der Waals surface area contributed by atoms with Crippen LogP contribution >= 0.6 is 11.3 Å². The molecule has 0 spiro atoms. The van der Waals surface area contributed by atoms with Crippen molar-refractivity contribution >= 4 is 34.1 Å². The summed E-state index contributed by atoms with van der Waals surface area (Å²) in [7, 11) is 0. The van der Waals surface area contributed by atoms with E-state index in [1.807, 2.05) is 19.1 Å². The summed E-state index contributed by atoms with van der Waals surface area (Å²) < 4.78 is 0. The number of carbonyl (C=O) groups is 3. The quantitative estimate of drug-likeness (QED) is 0.785. The molecular formula is C16H17N2O4S-. The molecule has 2 aliphatic carbocycles. The van der Waals surface area contributed by atoms with Crippen LogP contribution in [0.5, 0.6) is 0 Å². The van der Waals surface area contributed by atoms with E-state index in [-0.39, 0.29) is 17.7 Å². The first kappa shape index (κ1) is 15.7. The highest BCUT2D eigenvalue weighted by atomic mass is 32.1. The summed E-state index contributed by atoms with van der Waals surface area (Å²) in [5, 5.41) is 14.5. The number of aryl methyl sites for hydroxylation is 1. The number of primary amides is 1. The van der Waals surface area contributed by atoms with Crippen LogP contribution in [0, 0.1) is 37.5 Å². The molecule has 2 aliphatic rings. The predicted octanol–water partition coefficient (Wildman–Crippen LogP) is 0.591. The molecule has 4 atom stereocenters. The van der Waals surface area contributed by atoms with Gasteiger partial charge in [-0.15, -0.1) is 11.3 Å². The first-order valence-corrected chi connectivity index (χ1v) is 8.22. The van der Waals surface area contributed by atoms with E-state index in [0.29, 0.717) is 17.0 Å². The van der Waals surface area contributed by atoms with Crippen LogP contribution in [0.15, 0.2) is 12.2 Å². The van der Waals surface area contributed by atoms with Crippen LogP contribution in [-0.2, 0) is 9.59 Å². The SMILES string of the molecule is Cc1sc(NC(=O)[C@H]2[C@@H](C(=O)[O-])[C@@H]3C=C[C@@H]2C3)c(C(N)=O)c1C. The smallest absolute Gasteiger partial charge is 0.251 e. The van der Waals surface area contributed by atoms with Crippen molar-refractivity contribution in [1.29, 1.82) is 0 Å². The van der Waals surface area contributed by atoms with Crippen LogP contribution in [0.25, 0.3) is 0 Å².